The minimum atomic E-state index is -1.04. The van der Waals surface area contributed by atoms with Gasteiger partial charge in [-0.3, -0.25) is 0 Å². The van der Waals surface area contributed by atoms with Crippen molar-refractivity contribution in [3.8, 4) is 0 Å². The summed E-state index contributed by atoms with van der Waals surface area (Å²) in [4.78, 5) is 22.9. The molecule has 0 aromatic heterocycles. The van der Waals surface area contributed by atoms with Crippen LogP contribution in [0.5, 0.6) is 0 Å². The number of carbonyl (C=O) groups is 2. The van der Waals surface area contributed by atoms with E-state index in [1.807, 2.05) is 0 Å². The number of carboxylic acid groups (broad SMARTS) is 1. The van der Waals surface area contributed by atoms with Crippen LogP contribution >= 0.6 is 0 Å². The summed E-state index contributed by atoms with van der Waals surface area (Å²) in [5.41, 5.74) is 1.35. The molecule has 0 radical (unpaired) electrons. The lowest BCUT2D eigenvalue weighted by Crippen LogP contribution is -2.46. The van der Waals surface area contributed by atoms with Crippen molar-refractivity contribution in [3.05, 3.63) is 29.3 Å². The number of aryl methyl sites for hydroxylation is 1. The van der Waals surface area contributed by atoms with E-state index in [1.165, 1.54) is 12.1 Å². The Labute approximate surface area is 123 Å². The lowest BCUT2D eigenvalue weighted by atomic mass is 9.93. The van der Waals surface area contributed by atoms with E-state index in [4.69, 9.17) is 5.11 Å². The van der Waals surface area contributed by atoms with Gasteiger partial charge in [0.25, 0.3) is 0 Å². The number of anilines is 1. The van der Waals surface area contributed by atoms with Crippen LogP contribution < -0.4 is 10.6 Å². The molecule has 4 N–H and O–H groups in total. The summed E-state index contributed by atoms with van der Waals surface area (Å²) in [7, 11) is 0. The number of hydrogen-bond donors (Lipinski definition) is 4. The first-order valence-electron chi connectivity index (χ1n) is 7.07. The molecule has 6 heteroatoms. The second-order valence-corrected chi connectivity index (χ2v) is 5.39. The third-order valence-electron chi connectivity index (χ3n) is 3.78. The van der Waals surface area contributed by atoms with Gasteiger partial charge in [0, 0.05) is 5.69 Å². The van der Waals surface area contributed by atoms with Crippen LogP contribution in [0.1, 0.15) is 41.6 Å². The van der Waals surface area contributed by atoms with Crippen LogP contribution in [-0.4, -0.2) is 34.4 Å². The Morgan fingerprint density at radius 1 is 1.24 bits per heavy atom. The lowest BCUT2D eigenvalue weighted by molar-refractivity contribution is 0.0697. The highest BCUT2D eigenvalue weighted by atomic mass is 16.4. The van der Waals surface area contributed by atoms with Crippen LogP contribution in [0.2, 0.25) is 0 Å². The molecule has 2 unspecified atom stereocenters. The number of aliphatic hydroxyl groups excluding tert-OH is 1. The van der Waals surface area contributed by atoms with Crippen molar-refractivity contribution >= 4 is 17.7 Å². The Morgan fingerprint density at radius 3 is 2.62 bits per heavy atom. The minimum Gasteiger partial charge on any atom is -0.478 e. The number of aliphatic hydroxyl groups is 1. The Kier molecular flexibility index (Phi) is 4.80. The van der Waals surface area contributed by atoms with Gasteiger partial charge in [-0.05, 0) is 37.5 Å². The molecule has 2 rings (SSSR count). The van der Waals surface area contributed by atoms with Gasteiger partial charge >= 0.3 is 12.0 Å². The molecule has 0 heterocycles. The fourth-order valence-corrected chi connectivity index (χ4v) is 2.50. The molecule has 0 spiro atoms. The van der Waals surface area contributed by atoms with E-state index in [9.17, 15) is 14.7 Å². The summed E-state index contributed by atoms with van der Waals surface area (Å²) >= 11 is 0. The van der Waals surface area contributed by atoms with Crippen LogP contribution in [-0.2, 0) is 0 Å². The number of urea groups is 1. The average molecular weight is 292 g/mol. The maximum atomic E-state index is 12.0. The molecule has 6 nitrogen and oxygen atoms in total. The Bertz CT molecular complexity index is 544. The van der Waals surface area contributed by atoms with E-state index in [0.29, 0.717) is 12.1 Å². The van der Waals surface area contributed by atoms with E-state index < -0.39 is 18.1 Å². The lowest BCUT2D eigenvalue weighted by Gasteiger charge is -2.28. The maximum absolute atomic E-state index is 12.0. The van der Waals surface area contributed by atoms with Crippen LogP contribution in [0.4, 0.5) is 10.5 Å². The first-order chi connectivity index (χ1) is 9.97. The van der Waals surface area contributed by atoms with E-state index in [1.54, 1.807) is 13.0 Å². The minimum absolute atomic E-state index is 0.119. The molecule has 1 fully saturated rings. The normalized spacial score (nSPS) is 21.6. The zero-order valence-corrected chi connectivity index (χ0v) is 11.9. The highest BCUT2D eigenvalue weighted by Gasteiger charge is 2.24. The summed E-state index contributed by atoms with van der Waals surface area (Å²) in [6, 6.07) is 3.89. The number of carboxylic acids is 1. The summed E-state index contributed by atoms with van der Waals surface area (Å²) in [5.74, 6) is -1.04. The van der Waals surface area contributed by atoms with E-state index in [0.717, 1.165) is 24.8 Å². The van der Waals surface area contributed by atoms with Gasteiger partial charge in [-0.25, -0.2) is 9.59 Å². The predicted octanol–water partition coefficient (Wildman–Crippen LogP) is 2.12. The van der Waals surface area contributed by atoms with Crippen molar-refractivity contribution in [2.45, 2.75) is 44.8 Å². The molecule has 0 aliphatic heterocycles. The largest absolute Gasteiger partial charge is 0.478 e. The zero-order valence-electron chi connectivity index (χ0n) is 11.9. The molecule has 1 aliphatic carbocycles. The maximum Gasteiger partial charge on any atom is 0.335 e. The monoisotopic (exact) mass is 292 g/mol. The molecule has 1 aromatic rings. The smallest absolute Gasteiger partial charge is 0.335 e. The third kappa shape index (κ3) is 3.95. The molecule has 114 valence electrons. The average Bonchev–Trinajstić information content (AvgIpc) is 2.43. The fourth-order valence-electron chi connectivity index (χ4n) is 2.50. The number of amides is 2. The molecule has 2 atom stereocenters. The highest BCUT2D eigenvalue weighted by molar-refractivity contribution is 5.94. The van der Waals surface area contributed by atoms with E-state index >= 15 is 0 Å². The van der Waals surface area contributed by atoms with Gasteiger partial charge in [-0.2, -0.15) is 0 Å². The van der Waals surface area contributed by atoms with E-state index in [-0.39, 0.29) is 11.6 Å². The summed E-state index contributed by atoms with van der Waals surface area (Å²) in [6.07, 6.45) is 2.88. The number of rotatable bonds is 3. The first-order valence-corrected chi connectivity index (χ1v) is 7.07. The van der Waals surface area contributed by atoms with Gasteiger partial charge in [-0.1, -0.05) is 18.9 Å². The Balaban J connectivity index is 2.02. The third-order valence-corrected chi connectivity index (χ3v) is 3.78. The number of nitrogens with one attached hydrogen (secondary N) is 2. The zero-order chi connectivity index (χ0) is 15.4. The summed E-state index contributed by atoms with van der Waals surface area (Å²) < 4.78 is 0. The molecule has 0 saturated heterocycles. The molecule has 1 aromatic carbocycles. The van der Waals surface area contributed by atoms with Crippen molar-refractivity contribution in [2.75, 3.05) is 5.32 Å². The van der Waals surface area contributed by atoms with Crippen molar-refractivity contribution in [1.82, 2.24) is 5.32 Å². The van der Waals surface area contributed by atoms with Crippen LogP contribution in [0.3, 0.4) is 0 Å². The molecule has 0 bridgehead atoms. The standard InChI is InChI=1S/C15H20N2O4/c1-9-6-7-10(14(19)20)8-12(9)17-15(21)16-11-4-2-3-5-13(11)18/h6-8,11,13,18H,2-5H2,1H3,(H,19,20)(H2,16,17,21). The number of benzene rings is 1. The topological polar surface area (TPSA) is 98.7 Å². The Morgan fingerprint density at radius 2 is 1.95 bits per heavy atom. The summed E-state index contributed by atoms with van der Waals surface area (Å²) in [6.45, 7) is 1.79. The second-order valence-electron chi connectivity index (χ2n) is 5.39. The van der Waals surface area contributed by atoms with Crippen LogP contribution in [0.25, 0.3) is 0 Å². The predicted molar refractivity (Wildman–Crippen MR) is 78.6 cm³/mol. The van der Waals surface area contributed by atoms with Gasteiger partial charge in [0.15, 0.2) is 0 Å². The van der Waals surface area contributed by atoms with Gasteiger partial charge in [0.1, 0.15) is 0 Å². The van der Waals surface area contributed by atoms with Crippen LogP contribution in [0, 0.1) is 6.92 Å². The molecule has 2 amide bonds. The Hall–Kier alpha value is -2.08. The van der Waals surface area contributed by atoms with E-state index in [2.05, 4.69) is 10.6 Å². The second kappa shape index (κ2) is 6.58. The molecule has 1 saturated carbocycles. The SMILES string of the molecule is Cc1ccc(C(=O)O)cc1NC(=O)NC1CCCCC1O. The molecule has 21 heavy (non-hydrogen) atoms. The molecule has 1 aliphatic rings. The number of carbonyl (C=O) groups excluding carboxylic acids is 1. The number of aromatic carboxylic acids is 1. The highest BCUT2D eigenvalue weighted by Crippen LogP contribution is 2.20. The van der Waals surface area contributed by atoms with Gasteiger partial charge in [0.05, 0.1) is 17.7 Å². The number of hydrogen-bond acceptors (Lipinski definition) is 3. The van der Waals surface area contributed by atoms with Crippen molar-refractivity contribution in [2.24, 2.45) is 0 Å². The molecular weight excluding hydrogens is 272 g/mol. The van der Waals surface area contributed by atoms with Crippen molar-refractivity contribution in [3.63, 3.8) is 0 Å². The van der Waals surface area contributed by atoms with Crippen molar-refractivity contribution < 1.29 is 19.8 Å². The quantitative estimate of drug-likeness (QED) is 0.685. The van der Waals surface area contributed by atoms with Crippen molar-refractivity contribution in [1.29, 1.82) is 0 Å². The van der Waals surface area contributed by atoms with Crippen LogP contribution in [0.15, 0.2) is 18.2 Å². The van der Waals surface area contributed by atoms with Gasteiger partial charge < -0.3 is 20.8 Å². The first kappa shape index (κ1) is 15.3. The summed E-state index contributed by atoms with van der Waals surface area (Å²) in [5, 5.41) is 24.2. The van der Waals surface area contributed by atoms with Gasteiger partial charge in [-0.15, -0.1) is 0 Å². The fraction of sp³-hybridized carbons (Fsp3) is 0.467. The molecular formula is C15H20N2O4. The van der Waals surface area contributed by atoms with Gasteiger partial charge in [0.2, 0.25) is 0 Å².